The van der Waals surface area contributed by atoms with Gasteiger partial charge in [0.25, 0.3) is 0 Å². The van der Waals surface area contributed by atoms with E-state index in [9.17, 15) is 4.79 Å². The minimum absolute atomic E-state index is 0.786. The highest BCUT2D eigenvalue weighted by Crippen LogP contribution is 2.17. The molecule has 1 aromatic carbocycles. The summed E-state index contributed by atoms with van der Waals surface area (Å²) in [6.45, 7) is 4.18. The molecular weight excluding hydrogens is 210 g/mol. The average Bonchev–Trinajstić information content (AvgIpc) is 2.67. The largest absolute Gasteiger partial charge is 0.319 e. The van der Waals surface area contributed by atoms with Crippen molar-refractivity contribution in [2.75, 3.05) is 0 Å². The summed E-state index contributed by atoms with van der Waals surface area (Å²) < 4.78 is 2.20. The maximum Gasteiger partial charge on any atom is 0.142 e. The van der Waals surface area contributed by atoms with Gasteiger partial charge in [0.05, 0.1) is 0 Å². The van der Waals surface area contributed by atoms with Gasteiger partial charge in [-0.2, -0.15) is 0 Å². The number of hydrogen-bond donors (Lipinski definition) is 0. The average molecular weight is 225 g/mol. The number of rotatable bonds is 3. The van der Waals surface area contributed by atoms with Gasteiger partial charge in [0, 0.05) is 17.1 Å². The zero-order chi connectivity index (χ0) is 12.3. The van der Waals surface area contributed by atoms with Gasteiger partial charge in [-0.25, -0.2) is 0 Å². The number of nitrogens with zero attached hydrogens (tertiary/aromatic N) is 1. The van der Waals surface area contributed by atoms with E-state index in [2.05, 4.69) is 42.7 Å². The fraction of sp³-hybridized carbons (Fsp3) is 0.133. The lowest BCUT2D eigenvalue weighted by atomic mass is 10.2. The van der Waals surface area contributed by atoms with Crippen LogP contribution in [0.1, 0.15) is 17.0 Å². The fourth-order valence-electron chi connectivity index (χ4n) is 1.96. The van der Waals surface area contributed by atoms with Gasteiger partial charge < -0.3 is 4.57 Å². The van der Waals surface area contributed by atoms with Crippen molar-refractivity contribution < 1.29 is 4.79 Å². The number of benzene rings is 1. The van der Waals surface area contributed by atoms with Crippen molar-refractivity contribution in [3.05, 3.63) is 59.4 Å². The first-order valence-corrected chi connectivity index (χ1v) is 5.59. The van der Waals surface area contributed by atoms with Crippen molar-refractivity contribution in [3.8, 4) is 5.69 Å². The van der Waals surface area contributed by atoms with Gasteiger partial charge in [-0.05, 0) is 49.8 Å². The molecule has 0 spiro atoms. The summed E-state index contributed by atoms with van der Waals surface area (Å²) >= 11 is 0. The highest BCUT2D eigenvalue weighted by Gasteiger charge is 2.02. The van der Waals surface area contributed by atoms with E-state index >= 15 is 0 Å². The number of aryl methyl sites for hydroxylation is 2. The van der Waals surface area contributed by atoms with Crippen LogP contribution in [0, 0.1) is 13.8 Å². The first-order valence-electron chi connectivity index (χ1n) is 5.59. The van der Waals surface area contributed by atoms with Crippen molar-refractivity contribution in [1.82, 2.24) is 4.57 Å². The van der Waals surface area contributed by atoms with Gasteiger partial charge in [-0.1, -0.05) is 18.2 Å². The minimum atomic E-state index is 0.786. The molecule has 0 unspecified atom stereocenters. The van der Waals surface area contributed by atoms with E-state index in [-0.39, 0.29) is 0 Å². The Kier molecular flexibility index (Phi) is 3.24. The molecule has 1 aromatic heterocycles. The molecule has 0 amide bonds. The van der Waals surface area contributed by atoms with Crippen LogP contribution >= 0.6 is 0 Å². The van der Waals surface area contributed by atoms with Crippen molar-refractivity contribution in [1.29, 1.82) is 0 Å². The SMILES string of the molecule is Cc1ccc(C)n1-c1ccc(C=CC=O)cc1. The van der Waals surface area contributed by atoms with Crippen LogP contribution in [0.25, 0.3) is 11.8 Å². The summed E-state index contributed by atoms with van der Waals surface area (Å²) in [5, 5.41) is 0. The molecule has 0 saturated carbocycles. The van der Waals surface area contributed by atoms with E-state index in [1.54, 1.807) is 6.08 Å². The molecule has 0 N–H and O–H groups in total. The summed E-state index contributed by atoms with van der Waals surface area (Å²) in [6.07, 6.45) is 4.08. The number of hydrogen-bond acceptors (Lipinski definition) is 1. The van der Waals surface area contributed by atoms with Gasteiger partial charge in [-0.3, -0.25) is 4.79 Å². The van der Waals surface area contributed by atoms with Crippen molar-refractivity contribution >= 4 is 12.4 Å². The Balaban J connectivity index is 2.36. The molecule has 0 saturated heterocycles. The third-order valence-corrected chi connectivity index (χ3v) is 2.79. The lowest BCUT2D eigenvalue weighted by Gasteiger charge is -2.09. The quantitative estimate of drug-likeness (QED) is 0.580. The first-order chi connectivity index (χ1) is 8.22. The zero-order valence-corrected chi connectivity index (χ0v) is 10.1. The Labute approximate surface area is 101 Å². The van der Waals surface area contributed by atoms with Gasteiger partial charge in [-0.15, -0.1) is 0 Å². The third kappa shape index (κ3) is 2.36. The van der Waals surface area contributed by atoms with Gasteiger partial charge in [0.2, 0.25) is 0 Å². The second kappa shape index (κ2) is 4.83. The van der Waals surface area contributed by atoms with Crippen LogP contribution < -0.4 is 0 Å². The Bertz CT molecular complexity index is 527. The minimum Gasteiger partial charge on any atom is -0.319 e. The van der Waals surface area contributed by atoms with Crippen LogP contribution in [0.2, 0.25) is 0 Å². The van der Waals surface area contributed by atoms with Crippen LogP contribution in [0.4, 0.5) is 0 Å². The second-order valence-corrected chi connectivity index (χ2v) is 4.04. The predicted molar refractivity (Wildman–Crippen MR) is 70.3 cm³/mol. The topological polar surface area (TPSA) is 22.0 Å². The van der Waals surface area contributed by atoms with Gasteiger partial charge >= 0.3 is 0 Å². The molecule has 2 heteroatoms. The summed E-state index contributed by atoms with van der Waals surface area (Å²) in [7, 11) is 0. The Hall–Kier alpha value is -2.09. The van der Waals surface area contributed by atoms with Crippen LogP contribution in [0.5, 0.6) is 0 Å². The van der Waals surface area contributed by atoms with E-state index in [1.807, 2.05) is 12.1 Å². The van der Waals surface area contributed by atoms with Crippen molar-refractivity contribution in [2.24, 2.45) is 0 Å². The molecule has 2 aromatic rings. The van der Waals surface area contributed by atoms with E-state index < -0.39 is 0 Å². The molecule has 17 heavy (non-hydrogen) atoms. The van der Waals surface area contributed by atoms with Crippen molar-refractivity contribution in [3.63, 3.8) is 0 Å². The fourth-order valence-corrected chi connectivity index (χ4v) is 1.96. The molecule has 0 fully saturated rings. The zero-order valence-electron chi connectivity index (χ0n) is 10.1. The molecule has 2 rings (SSSR count). The normalized spacial score (nSPS) is 10.9. The molecule has 1 heterocycles. The molecule has 0 radical (unpaired) electrons. The highest BCUT2D eigenvalue weighted by molar-refractivity contribution is 5.73. The number of aromatic nitrogens is 1. The van der Waals surface area contributed by atoms with Crippen molar-refractivity contribution in [2.45, 2.75) is 13.8 Å². The molecule has 0 aliphatic carbocycles. The summed E-state index contributed by atoms with van der Waals surface area (Å²) in [5.74, 6) is 0. The molecule has 0 aliphatic rings. The number of carbonyl (C=O) groups excluding carboxylic acids is 1. The number of aldehydes is 1. The standard InChI is InChI=1S/C15H15NO/c1-12-5-6-13(2)16(12)15-9-7-14(8-10-15)4-3-11-17/h3-11H,1-2H3. The molecule has 2 nitrogen and oxygen atoms in total. The Morgan fingerprint density at radius 1 is 0.941 bits per heavy atom. The predicted octanol–water partition coefficient (Wildman–Crippen LogP) is 3.31. The molecule has 0 atom stereocenters. The van der Waals surface area contributed by atoms with Gasteiger partial charge in [0.1, 0.15) is 6.29 Å². The molecule has 0 aliphatic heterocycles. The van der Waals surface area contributed by atoms with Gasteiger partial charge in [0.15, 0.2) is 0 Å². The van der Waals surface area contributed by atoms with E-state index in [4.69, 9.17) is 0 Å². The van der Waals surface area contributed by atoms with E-state index in [0.717, 1.165) is 17.5 Å². The monoisotopic (exact) mass is 225 g/mol. The lowest BCUT2D eigenvalue weighted by molar-refractivity contribution is -0.104. The smallest absolute Gasteiger partial charge is 0.142 e. The maximum atomic E-state index is 10.2. The second-order valence-electron chi connectivity index (χ2n) is 4.04. The summed E-state index contributed by atoms with van der Waals surface area (Å²) in [6, 6.07) is 12.3. The Morgan fingerprint density at radius 3 is 2.06 bits per heavy atom. The van der Waals surface area contributed by atoms with E-state index in [1.165, 1.54) is 17.5 Å². The third-order valence-electron chi connectivity index (χ3n) is 2.79. The van der Waals surface area contributed by atoms with Crippen LogP contribution in [-0.4, -0.2) is 10.9 Å². The molecule has 86 valence electrons. The number of carbonyl (C=O) groups is 1. The number of allylic oxidation sites excluding steroid dienone is 1. The summed E-state index contributed by atoms with van der Waals surface area (Å²) in [5.41, 5.74) is 4.62. The maximum absolute atomic E-state index is 10.2. The van der Waals surface area contributed by atoms with Crippen LogP contribution in [-0.2, 0) is 4.79 Å². The molecule has 0 bridgehead atoms. The Morgan fingerprint density at radius 2 is 1.53 bits per heavy atom. The van der Waals surface area contributed by atoms with Crippen LogP contribution in [0.15, 0.2) is 42.5 Å². The van der Waals surface area contributed by atoms with Crippen LogP contribution in [0.3, 0.4) is 0 Å². The van der Waals surface area contributed by atoms with E-state index in [0.29, 0.717) is 0 Å². The first kappa shape index (κ1) is 11.4. The summed E-state index contributed by atoms with van der Waals surface area (Å²) in [4.78, 5) is 10.2. The molecular formula is C15H15NO. The highest BCUT2D eigenvalue weighted by atomic mass is 16.1. The lowest BCUT2D eigenvalue weighted by Crippen LogP contribution is -1.98.